The maximum absolute atomic E-state index is 13.9. The van der Waals surface area contributed by atoms with Crippen LogP contribution in [0.5, 0.6) is 5.75 Å². The van der Waals surface area contributed by atoms with Gasteiger partial charge in [0.1, 0.15) is 0 Å². The van der Waals surface area contributed by atoms with Crippen LogP contribution in [0.15, 0.2) is 18.2 Å². The summed E-state index contributed by atoms with van der Waals surface area (Å²) >= 11 is 0. The Morgan fingerprint density at radius 3 is 2.61 bits per heavy atom. The van der Waals surface area contributed by atoms with Gasteiger partial charge in [-0.15, -0.1) is 0 Å². The molecule has 0 aliphatic heterocycles. The number of rotatable bonds is 6. The van der Waals surface area contributed by atoms with Crippen molar-refractivity contribution < 1.29 is 19.0 Å². The largest absolute Gasteiger partial charge is 0.494 e. The summed E-state index contributed by atoms with van der Waals surface area (Å²) < 4.78 is 18.8. The molecule has 1 atom stereocenters. The van der Waals surface area contributed by atoms with Crippen molar-refractivity contribution in [3.05, 3.63) is 29.6 Å². The Balaban J connectivity index is 2.90. The number of hydrogen-bond donors (Lipinski definition) is 1. The lowest BCUT2D eigenvalue weighted by Gasteiger charge is -2.15. The first-order valence-corrected chi connectivity index (χ1v) is 5.99. The minimum atomic E-state index is -0.883. The summed E-state index contributed by atoms with van der Waals surface area (Å²) in [5.41, 5.74) is 0.391. The van der Waals surface area contributed by atoms with Gasteiger partial charge < -0.3 is 9.84 Å². The van der Waals surface area contributed by atoms with Gasteiger partial charge >= 0.3 is 5.97 Å². The number of halogens is 1. The minimum Gasteiger partial charge on any atom is -0.494 e. The molecular weight excluding hydrogens is 235 g/mol. The summed E-state index contributed by atoms with van der Waals surface area (Å²) in [7, 11) is 1.39. The van der Waals surface area contributed by atoms with E-state index in [-0.39, 0.29) is 18.1 Å². The molecule has 1 aromatic rings. The van der Waals surface area contributed by atoms with Gasteiger partial charge in [-0.05, 0) is 30.4 Å². The zero-order valence-corrected chi connectivity index (χ0v) is 10.9. The topological polar surface area (TPSA) is 46.5 Å². The SMILES string of the molecule is COc1cccc(CC(CC(C)C)C(=O)O)c1F. The molecule has 100 valence electrons. The molecule has 18 heavy (non-hydrogen) atoms. The van der Waals surface area contributed by atoms with E-state index in [4.69, 9.17) is 9.84 Å². The Kier molecular flexibility index (Phi) is 5.13. The zero-order valence-electron chi connectivity index (χ0n) is 10.9. The summed E-state index contributed by atoms with van der Waals surface area (Å²) in [6.07, 6.45) is 0.725. The fraction of sp³-hybridized carbons (Fsp3) is 0.500. The Labute approximate surface area is 107 Å². The van der Waals surface area contributed by atoms with E-state index in [1.165, 1.54) is 13.2 Å². The van der Waals surface area contributed by atoms with Crippen molar-refractivity contribution in [2.24, 2.45) is 11.8 Å². The highest BCUT2D eigenvalue weighted by atomic mass is 19.1. The van der Waals surface area contributed by atoms with Crippen LogP contribution in [0, 0.1) is 17.7 Å². The summed E-state index contributed by atoms with van der Waals surface area (Å²) in [5.74, 6) is -1.49. The molecule has 1 rings (SSSR count). The van der Waals surface area contributed by atoms with Crippen molar-refractivity contribution in [3.63, 3.8) is 0 Å². The third-order valence-corrected chi connectivity index (χ3v) is 2.83. The van der Waals surface area contributed by atoms with E-state index in [2.05, 4.69) is 0 Å². The third kappa shape index (κ3) is 3.72. The monoisotopic (exact) mass is 254 g/mol. The van der Waals surface area contributed by atoms with E-state index in [0.717, 1.165) is 0 Å². The van der Waals surface area contributed by atoms with Gasteiger partial charge in [0, 0.05) is 0 Å². The lowest BCUT2D eigenvalue weighted by molar-refractivity contribution is -0.142. The van der Waals surface area contributed by atoms with Crippen molar-refractivity contribution in [2.75, 3.05) is 7.11 Å². The predicted molar refractivity (Wildman–Crippen MR) is 67.2 cm³/mol. The van der Waals surface area contributed by atoms with E-state index in [1.807, 2.05) is 13.8 Å². The Hall–Kier alpha value is -1.58. The maximum Gasteiger partial charge on any atom is 0.306 e. The number of benzene rings is 1. The Morgan fingerprint density at radius 1 is 1.44 bits per heavy atom. The van der Waals surface area contributed by atoms with Crippen molar-refractivity contribution >= 4 is 5.97 Å². The number of carboxylic acid groups (broad SMARTS) is 1. The van der Waals surface area contributed by atoms with Gasteiger partial charge in [0.25, 0.3) is 0 Å². The Morgan fingerprint density at radius 2 is 2.11 bits per heavy atom. The highest BCUT2D eigenvalue weighted by Gasteiger charge is 2.21. The molecule has 0 bridgehead atoms. The second kappa shape index (κ2) is 6.38. The number of aliphatic carboxylic acids is 1. The number of hydrogen-bond acceptors (Lipinski definition) is 2. The summed E-state index contributed by atoms with van der Waals surface area (Å²) in [6.45, 7) is 3.91. The molecule has 0 heterocycles. The molecule has 0 saturated carbocycles. The lowest BCUT2D eigenvalue weighted by atomic mass is 9.91. The molecule has 0 spiro atoms. The van der Waals surface area contributed by atoms with E-state index >= 15 is 0 Å². The van der Waals surface area contributed by atoms with Crippen molar-refractivity contribution in [1.82, 2.24) is 0 Å². The fourth-order valence-corrected chi connectivity index (χ4v) is 1.98. The maximum atomic E-state index is 13.9. The molecule has 1 N–H and O–H groups in total. The molecule has 0 aromatic heterocycles. The highest BCUT2D eigenvalue weighted by molar-refractivity contribution is 5.70. The molecule has 0 fully saturated rings. The second-order valence-corrected chi connectivity index (χ2v) is 4.80. The molecular formula is C14H19FO3. The van der Waals surface area contributed by atoms with Gasteiger partial charge in [-0.3, -0.25) is 4.79 Å². The molecule has 0 saturated heterocycles. The number of carbonyl (C=O) groups is 1. The molecule has 3 nitrogen and oxygen atoms in total. The van der Waals surface area contributed by atoms with Crippen LogP contribution >= 0.6 is 0 Å². The first kappa shape index (κ1) is 14.5. The third-order valence-electron chi connectivity index (χ3n) is 2.83. The van der Waals surface area contributed by atoms with Crippen LogP contribution in [0.3, 0.4) is 0 Å². The molecule has 1 aromatic carbocycles. The van der Waals surface area contributed by atoms with Crippen LogP contribution in [0.1, 0.15) is 25.8 Å². The van der Waals surface area contributed by atoms with Gasteiger partial charge in [-0.1, -0.05) is 26.0 Å². The van der Waals surface area contributed by atoms with Crippen LogP contribution in [0.25, 0.3) is 0 Å². The smallest absolute Gasteiger partial charge is 0.306 e. The van der Waals surface area contributed by atoms with E-state index in [1.54, 1.807) is 12.1 Å². The predicted octanol–water partition coefficient (Wildman–Crippen LogP) is 3.12. The van der Waals surface area contributed by atoms with E-state index in [9.17, 15) is 9.18 Å². The average Bonchev–Trinajstić information content (AvgIpc) is 2.30. The fourth-order valence-electron chi connectivity index (χ4n) is 1.98. The second-order valence-electron chi connectivity index (χ2n) is 4.80. The molecule has 0 aliphatic rings. The van der Waals surface area contributed by atoms with Crippen LogP contribution < -0.4 is 4.74 Å². The van der Waals surface area contributed by atoms with Crippen LogP contribution in [0.4, 0.5) is 4.39 Å². The standard InChI is InChI=1S/C14H19FO3/c1-9(2)7-11(14(16)17)8-10-5-4-6-12(18-3)13(10)15/h4-6,9,11H,7-8H2,1-3H3,(H,16,17). The van der Waals surface area contributed by atoms with Gasteiger partial charge in [0.2, 0.25) is 0 Å². The quantitative estimate of drug-likeness (QED) is 0.848. The summed E-state index contributed by atoms with van der Waals surface area (Å²) in [6, 6.07) is 4.80. The van der Waals surface area contributed by atoms with Crippen LogP contribution in [-0.4, -0.2) is 18.2 Å². The van der Waals surface area contributed by atoms with Crippen LogP contribution in [-0.2, 0) is 11.2 Å². The molecule has 0 radical (unpaired) electrons. The van der Waals surface area contributed by atoms with E-state index in [0.29, 0.717) is 12.0 Å². The highest BCUT2D eigenvalue weighted by Crippen LogP contribution is 2.24. The minimum absolute atomic E-state index is 0.154. The molecule has 0 amide bonds. The summed E-state index contributed by atoms with van der Waals surface area (Å²) in [5, 5.41) is 9.15. The van der Waals surface area contributed by atoms with Gasteiger partial charge in [-0.2, -0.15) is 0 Å². The lowest BCUT2D eigenvalue weighted by Crippen LogP contribution is -2.19. The van der Waals surface area contributed by atoms with Gasteiger partial charge in [-0.25, -0.2) is 4.39 Å². The zero-order chi connectivity index (χ0) is 13.7. The van der Waals surface area contributed by atoms with Gasteiger partial charge in [0.15, 0.2) is 11.6 Å². The normalized spacial score (nSPS) is 12.5. The molecule has 0 aliphatic carbocycles. The van der Waals surface area contributed by atoms with Crippen molar-refractivity contribution in [2.45, 2.75) is 26.7 Å². The van der Waals surface area contributed by atoms with Gasteiger partial charge in [0.05, 0.1) is 13.0 Å². The van der Waals surface area contributed by atoms with Crippen molar-refractivity contribution in [3.8, 4) is 5.75 Å². The first-order valence-electron chi connectivity index (χ1n) is 5.99. The summed E-state index contributed by atoms with van der Waals surface area (Å²) in [4.78, 5) is 11.2. The number of carboxylic acids is 1. The molecule has 1 unspecified atom stereocenters. The molecule has 4 heteroatoms. The average molecular weight is 254 g/mol. The van der Waals surface area contributed by atoms with E-state index < -0.39 is 17.7 Å². The number of ether oxygens (including phenoxy) is 1. The van der Waals surface area contributed by atoms with Crippen LogP contribution in [0.2, 0.25) is 0 Å². The Bertz CT molecular complexity index is 416. The number of methoxy groups -OCH3 is 1. The first-order chi connectivity index (χ1) is 8.45. The van der Waals surface area contributed by atoms with Crippen molar-refractivity contribution in [1.29, 1.82) is 0 Å².